The van der Waals surface area contributed by atoms with Gasteiger partial charge < -0.3 is 15.2 Å². The Balaban J connectivity index is 2.60. The molecule has 0 aliphatic carbocycles. The van der Waals surface area contributed by atoms with Gasteiger partial charge in [0.25, 0.3) is 0 Å². The van der Waals surface area contributed by atoms with Gasteiger partial charge in [0.05, 0.1) is 5.60 Å². The smallest absolute Gasteiger partial charge is 0.410 e. The van der Waals surface area contributed by atoms with Crippen LogP contribution in [0.4, 0.5) is 4.79 Å². The maximum Gasteiger partial charge on any atom is 0.410 e. The third kappa shape index (κ3) is 5.36. The van der Waals surface area contributed by atoms with Gasteiger partial charge in [0.15, 0.2) is 0 Å². The number of carbonyl (C=O) groups is 2. The molecule has 6 heteroatoms. The van der Waals surface area contributed by atoms with Crippen LogP contribution in [-0.4, -0.2) is 52.3 Å². The Hall–Kier alpha value is -1.30. The minimum Gasteiger partial charge on any atom is -0.444 e. The summed E-state index contributed by atoms with van der Waals surface area (Å²) in [5, 5.41) is 12.3. The highest BCUT2D eigenvalue weighted by Crippen LogP contribution is 2.21. The maximum absolute atomic E-state index is 12.1. The molecule has 0 aromatic rings. The highest BCUT2D eigenvalue weighted by atomic mass is 16.6. The van der Waals surface area contributed by atoms with E-state index >= 15 is 0 Å². The Morgan fingerprint density at radius 3 is 2.40 bits per heavy atom. The van der Waals surface area contributed by atoms with Crippen molar-refractivity contribution in [1.82, 2.24) is 10.2 Å². The number of aliphatic hydroxyl groups is 1. The zero-order chi connectivity index (χ0) is 15.6. The first kappa shape index (κ1) is 16.8. The van der Waals surface area contributed by atoms with E-state index < -0.39 is 23.3 Å². The van der Waals surface area contributed by atoms with Crippen LogP contribution in [0.25, 0.3) is 0 Å². The van der Waals surface area contributed by atoms with Crippen LogP contribution in [0.1, 0.15) is 47.5 Å². The van der Waals surface area contributed by atoms with E-state index in [2.05, 4.69) is 5.32 Å². The molecule has 0 aromatic heterocycles. The van der Waals surface area contributed by atoms with Crippen LogP contribution < -0.4 is 5.32 Å². The molecule has 20 heavy (non-hydrogen) atoms. The van der Waals surface area contributed by atoms with E-state index in [1.54, 1.807) is 34.6 Å². The van der Waals surface area contributed by atoms with E-state index in [1.165, 1.54) is 4.90 Å². The second-order valence-electron chi connectivity index (χ2n) is 6.86. The fourth-order valence-electron chi connectivity index (χ4n) is 2.00. The van der Waals surface area contributed by atoms with Crippen molar-refractivity contribution in [3.63, 3.8) is 0 Å². The maximum atomic E-state index is 12.1. The Morgan fingerprint density at radius 1 is 1.30 bits per heavy atom. The lowest BCUT2D eigenvalue weighted by molar-refractivity contribution is -0.126. The van der Waals surface area contributed by atoms with E-state index in [9.17, 15) is 14.7 Å². The molecule has 1 fully saturated rings. The average Bonchev–Trinajstić information content (AvgIpc) is 2.71. The van der Waals surface area contributed by atoms with Gasteiger partial charge in [0.1, 0.15) is 11.6 Å². The predicted molar refractivity (Wildman–Crippen MR) is 75.3 cm³/mol. The summed E-state index contributed by atoms with van der Waals surface area (Å²) in [7, 11) is 0. The molecule has 2 N–H and O–H groups in total. The summed E-state index contributed by atoms with van der Waals surface area (Å²) in [6.07, 6.45) is 0.940. The molecule has 0 bridgehead atoms. The van der Waals surface area contributed by atoms with Crippen LogP contribution in [0, 0.1) is 0 Å². The lowest BCUT2D eigenvalue weighted by atomic mass is 10.1. The highest BCUT2D eigenvalue weighted by molar-refractivity contribution is 5.86. The van der Waals surface area contributed by atoms with Crippen molar-refractivity contribution in [3.05, 3.63) is 0 Å². The molecule has 0 aromatic carbocycles. The number of rotatable bonds is 3. The summed E-state index contributed by atoms with van der Waals surface area (Å²) >= 11 is 0. The van der Waals surface area contributed by atoms with Crippen molar-refractivity contribution in [2.45, 2.75) is 64.7 Å². The Bertz CT molecular complexity index is 368. The molecule has 1 aliphatic rings. The van der Waals surface area contributed by atoms with E-state index in [0.29, 0.717) is 13.0 Å². The molecular weight excluding hydrogens is 260 g/mol. The molecule has 1 saturated heterocycles. The number of nitrogens with zero attached hydrogens (tertiary/aromatic N) is 1. The van der Waals surface area contributed by atoms with E-state index in [-0.39, 0.29) is 12.5 Å². The van der Waals surface area contributed by atoms with Crippen molar-refractivity contribution >= 4 is 12.0 Å². The molecule has 1 unspecified atom stereocenters. The van der Waals surface area contributed by atoms with Crippen LogP contribution >= 0.6 is 0 Å². The van der Waals surface area contributed by atoms with Crippen LogP contribution in [0.3, 0.4) is 0 Å². The number of nitrogens with one attached hydrogen (secondary N) is 1. The average molecular weight is 286 g/mol. The van der Waals surface area contributed by atoms with Crippen molar-refractivity contribution in [3.8, 4) is 0 Å². The molecular formula is C14H26N2O4. The molecule has 6 nitrogen and oxygen atoms in total. The first-order valence-electron chi connectivity index (χ1n) is 6.99. The molecule has 0 saturated carbocycles. The third-order valence-electron chi connectivity index (χ3n) is 2.88. The van der Waals surface area contributed by atoms with Gasteiger partial charge in [-0.2, -0.15) is 0 Å². The topological polar surface area (TPSA) is 78.9 Å². The minimum atomic E-state index is -0.967. The number of ether oxygens (including phenoxy) is 1. The molecule has 0 radical (unpaired) electrons. The molecule has 1 aliphatic heterocycles. The zero-order valence-corrected chi connectivity index (χ0v) is 13.0. The second-order valence-corrected chi connectivity index (χ2v) is 6.86. The first-order valence-corrected chi connectivity index (χ1v) is 6.99. The standard InChI is InChI=1S/C14H26N2O4/c1-13(2,3)20-12(18)16-8-6-7-10(16)11(17)15-9-14(4,5)19/h10,19H,6-9H2,1-5H3,(H,15,17). The molecule has 0 spiro atoms. The summed E-state index contributed by atoms with van der Waals surface area (Å²) in [6, 6.07) is -0.507. The summed E-state index contributed by atoms with van der Waals surface area (Å²) in [5.74, 6) is -0.240. The van der Waals surface area contributed by atoms with Crippen LogP contribution in [0.15, 0.2) is 0 Å². The highest BCUT2D eigenvalue weighted by Gasteiger charge is 2.36. The molecule has 1 atom stereocenters. The molecule has 116 valence electrons. The number of carbonyl (C=O) groups excluding carboxylic acids is 2. The molecule has 1 rings (SSSR count). The second kappa shape index (κ2) is 5.99. The van der Waals surface area contributed by atoms with Gasteiger partial charge in [0, 0.05) is 13.1 Å². The van der Waals surface area contributed by atoms with Crippen LogP contribution in [0.2, 0.25) is 0 Å². The van der Waals surface area contributed by atoms with Gasteiger partial charge in [-0.25, -0.2) is 4.79 Å². The van der Waals surface area contributed by atoms with E-state index in [1.807, 2.05) is 0 Å². The summed E-state index contributed by atoms with van der Waals surface area (Å²) in [6.45, 7) is 9.31. The van der Waals surface area contributed by atoms with Crippen molar-refractivity contribution in [1.29, 1.82) is 0 Å². The fourth-order valence-corrected chi connectivity index (χ4v) is 2.00. The summed E-state index contributed by atoms with van der Waals surface area (Å²) in [5.41, 5.74) is -1.54. The Morgan fingerprint density at radius 2 is 1.90 bits per heavy atom. The SMILES string of the molecule is CC(C)(O)CNC(=O)C1CCCN1C(=O)OC(C)(C)C. The van der Waals surface area contributed by atoms with Gasteiger partial charge in [-0.1, -0.05) is 0 Å². The summed E-state index contributed by atoms with van der Waals surface area (Å²) in [4.78, 5) is 25.6. The van der Waals surface area contributed by atoms with E-state index in [0.717, 1.165) is 6.42 Å². The van der Waals surface area contributed by atoms with Gasteiger partial charge in [0.2, 0.25) is 5.91 Å². The largest absolute Gasteiger partial charge is 0.444 e. The predicted octanol–water partition coefficient (Wildman–Crippen LogP) is 1.27. The Labute approximate surface area is 120 Å². The third-order valence-corrected chi connectivity index (χ3v) is 2.88. The number of hydrogen-bond donors (Lipinski definition) is 2. The number of hydrogen-bond acceptors (Lipinski definition) is 4. The van der Waals surface area contributed by atoms with Crippen molar-refractivity contribution < 1.29 is 19.4 Å². The van der Waals surface area contributed by atoms with Gasteiger partial charge in [-0.15, -0.1) is 0 Å². The molecule has 1 heterocycles. The van der Waals surface area contributed by atoms with Gasteiger partial charge >= 0.3 is 6.09 Å². The minimum absolute atomic E-state index is 0.157. The van der Waals surface area contributed by atoms with Gasteiger partial charge in [-0.05, 0) is 47.5 Å². The monoisotopic (exact) mass is 286 g/mol. The van der Waals surface area contributed by atoms with Crippen LogP contribution in [0.5, 0.6) is 0 Å². The lowest BCUT2D eigenvalue weighted by Crippen LogP contribution is -2.50. The van der Waals surface area contributed by atoms with E-state index in [4.69, 9.17) is 4.74 Å². The molecule has 2 amide bonds. The number of likely N-dealkylation sites (tertiary alicyclic amines) is 1. The Kier molecular flexibility index (Phi) is 5.02. The zero-order valence-electron chi connectivity index (χ0n) is 13.0. The fraction of sp³-hybridized carbons (Fsp3) is 0.857. The van der Waals surface area contributed by atoms with Crippen molar-refractivity contribution in [2.24, 2.45) is 0 Å². The van der Waals surface area contributed by atoms with Gasteiger partial charge in [-0.3, -0.25) is 9.69 Å². The first-order chi connectivity index (χ1) is 8.99. The van der Waals surface area contributed by atoms with Crippen molar-refractivity contribution in [2.75, 3.05) is 13.1 Å². The summed E-state index contributed by atoms with van der Waals surface area (Å²) < 4.78 is 5.31. The lowest BCUT2D eigenvalue weighted by Gasteiger charge is -2.28. The van der Waals surface area contributed by atoms with Crippen LogP contribution in [-0.2, 0) is 9.53 Å². The normalized spacial score (nSPS) is 19.9. The number of amides is 2. The quantitative estimate of drug-likeness (QED) is 0.819.